The second kappa shape index (κ2) is 6.99. The van der Waals surface area contributed by atoms with Crippen molar-refractivity contribution in [3.05, 3.63) is 64.1 Å². The Morgan fingerprint density at radius 2 is 1.95 bits per heavy atom. The first kappa shape index (κ1) is 15.1. The summed E-state index contributed by atoms with van der Waals surface area (Å²) in [7, 11) is 0. The quantitative estimate of drug-likeness (QED) is 0.710. The molecule has 0 radical (unpaired) electrons. The van der Waals surface area contributed by atoms with Gasteiger partial charge in [0.2, 0.25) is 0 Å². The summed E-state index contributed by atoms with van der Waals surface area (Å²) in [5.41, 5.74) is 9.12. The minimum absolute atomic E-state index is 0.0853. The molecule has 1 saturated carbocycles. The molecule has 2 aromatic carbocycles. The van der Waals surface area contributed by atoms with Crippen molar-refractivity contribution >= 4 is 27.7 Å². The van der Waals surface area contributed by atoms with Crippen LogP contribution in [0, 0.1) is 0 Å². The van der Waals surface area contributed by atoms with Gasteiger partial charge in [0.05, 0.1) is 0 Å². The number of benzene rings is 2. The molecule has 21 heavy (non-hydrogen) atoms. The summed E-state index contributed by atoms with van der Waals surface area (Å²) >= 11 is 5.40. The van der Waals surface area contributed by atoms with Gasteiger partial charge in [-0.1, -0.05) is 42.8 Å². The molecule has 0 spiro atoms. The third kappa shape index (κ3) is 3.71. The minimum Gasteiger partial charge on any atom is -0.323 e. The van der Waals surface area contributed by atoms with E-state index in [4.69, 9.17) is 5.73 Å². The molecule has 1 fully saturated rings. The summed E-state index contributed by atoms with van der Waals surface area (Å²) in [6, 6.07) is 17.3. The van der Waals surface area contributed by atoms with Gasteiger partial charge >= 0.3 is 0 Å². The highest BCUT2D eigenvalue weighted by molar-refractivity contribution is 9.10. The van der Waals surface area contributed by atoms with Crippen LogP contribution in [-0.2, 0) is 0 Å². The zero-order valence-corrected chi connectivity index (χ0v) is 14.4. The molecule has 1 nitrogen and oxygen atoms in total. The van der Waals surface area contributed by atoms with Crippen LogP contribution in [0.1, 0.15) is 42.3 Å². The second-order valence-electron chi connectivity index (χ2n) is 5.65. The number of nitrogens with two attached hydrogens (primary N) is 1. The molecule has 3 rings (SSSR count). The highest BCUT2D eigenvalue weighted by atomic mass is 79.9. The van der Waals surface area contributed by atoms with Gasteiger partial charge in [-0.2, -0.15) is 0 Å². The van der Waals surface area contributed by atoms with Crippen LogP contribution in [0.25, 0.3) is 0 Å². The van der Waals surface area contributed by atoms with Crippen LogP contribution in [-0.4, -0.2) is 5.75 Å². The largest absolute Gasteiger partial charge is 0.323 e. The minimum atomic E-state index is 0.0853. The van der Waals surface area contributed by atoms with Crippen molar-refractivity contribution < 1.29 is 0 Å². The monoisotopic (exact) mass is 361 g/mol. The van der Waals surface area contributed by atoms with Gasteiger partial charge in [0.1, 0.15) is 0 Å². The van der Waals surface area contributed by atoms with Gasteiger partial charge in [-0.15, -0.1) is 11.8 Å². The number of rotatable bonds is 5. The van der Waals surface area contributed by atoms with Gasteiger partial charge in [-0.05, 0) is 57.9 Å². The normalized spacial score (nSPS) is 16.5. The predicted octanol–water partition coefficient (Wildman–Crippen LogP) is 5.51. The van der Waals surface area contributed by atoms with E-state index in [1.165, 1.54) is 35.3 Å². The molecule has 1 aliphatic carbocycles. The standard InChI is InChI=1S/C18H20BrNS/c19-16-9-1-2-10-18(16)21-12-17(20)15-8-4-7-14(11-15)13-5-3-6-13/h1-2,4,7-11,13,17H,3,5-6,12,20H2. The van der Waals surface area contributed by atoms with E-state index in [9.17, 15) is 0 Å². The zero-order valence-electron chi connectivity index (χ0n) is 12.0. The van der Waals surface area contributed by atoms with Gasteiger partial charge in [0.25, 0.3) is 0 Å². The van der Waals surface area contributed by atoms with Crippen LogP contribution in [0.5, 0.6) is 0 Å². The summed E-state index contributed by atoms with van der Waals surface area (Å²) in [5.74, 6) is 1.67. The summed E-state index contributed by atoms with van der Waals surface area (Å²) in [5, 5.41) is 0. The van der Waals surface area contributed by atoms with E-state index in [1.807, 2.05) is 17.8 Å². The van der Waals surface area contributed by atoms with E-state index in [1.54, 1.807) is 0 Å². The molecule has 0 aromatic heterocycles. The summed E-state index contributed by atoms with van der Waals surface area (Å²) < 4.78 is 1.14. The molecule has 1 unspecified atom stereocenters. The average Bonchev–Trinajstić information content (AvgIpc) is 2.45. The fourth-order valence-corrected chi connectivity index (χ4v) is 4.18. The maximum absolute atomic E-state index is 6.39. The SMILES string of the molecule is NC(CSc1ccccc1Br)c1cccc(C2CCC2)c1. The first-order valence-corrected chi connectivity index (χ1v) is 9.24. The fraction of sp³-hybridized carbons (Fsp3) is 0.333. The molecule has 0 saturated heterocycles. The summed E-state index contributed by atoms with van der Waals surface area (Å²) in [6.07, 6.45) is 4.05. The average molecular weight is 362 g/mol. The Labute approximate surface area is 139 Å². The van der Waals surface area contributed by atoms with E-state index >= 15 is 0 Å². The Hall–Kier alpha value is -0.770. The van der Waals surface area contributed by atoms with Crippen LogP contribution >= 0.6 is 27.7 Å². The van der Waals surface area contributed by atoms with Gasteiger partial charge in [0.15, 0.2) is 0 Å². The van der Waals surface area contributed by atoms with Crippen LogP contribution in [0.3, 0.4) is 0 Å². The number of hydrogen-bond donors (Lipinski definition) is 1. The van der Waals surface area contributed by atoms with Gasteiger partial charge in [0, 0.05) is 21.2 Å². The third-order valence-electron chi connectivity index (χ3n) is 4.17. The highest BCUT2D eigenvalue weighted by Crippen LogP contribution is 2.37. The lowest BCUT2D eigenvalue weighted by Crippen LogP contribution is -2.15. The lowest BCUT2D eigenvalue weighted by molar-refractivity contribution is 0.419. The van der Waals surface area contributed by atoms with Crippen molar-refractivity contribution in [1.29, 1.82) is 0 Å². The van der Waals surface area contributed by atoms with Crippen LogP contribution < -0.4 is 5.73 Å². The molecule has 1 atom stereocenters. The van der Waals surface area contributed by atoms with E-state index in [2.05, 4.69) is 58.4 Å². The summed E-state index contributed by atoms with van der Waals surface area (Å²) in [4.78, 5) is 1.25. The van der Waals surface area contributed by atoms with E-state index in [0.29, 0.717) is 0 Å². The molecule has 0 bridgehead atoms. The maximum atomic E-state index is 6.39. The lowest BCUT2D eigenvalue weighted by Gasteiger charge is -2.26. The van der Waals surface area contributed by atoms with Crippen molar-refractivity contribution in [2.75, 3.05) is 5.75 Å². The number of hydrogen-bond acceptors (Lipinski definition) is 2. The molecule has 2 N–H and O–H groups in total. The maximum Gasteiger partial charge on any atom is 0.0390 e. The Kier molecular flexibility index (Phi) is 5.04. The summed E-state index contributed by atoms with van der Waals surface area (Å²) in [6.45, 7) is 0. The Morgan fingerprint density at radius 1 is 1.14 bits per heavy atom. The van der Waals surface area contributed by atoms with Gasteiger partial charge in [-0.3, -0.25) is 0 Å². The van der Waals surface area contributed by atoms with Crippen molar-refractivity contribution in [2.24, 2.45) is 5.73 Å². The molecule has 2 aromatic rings. The van der Waals surface area contributed by atoms with Crippen LogP contribution in [0.15, 0.2) is 57.9 Å². The molecule has 0 aliphatic heterocycles. The Morgan fingerprint density at radius 3 is 2.67 bits per heavy atom. The van der Waals surface area contributed by atoms with Gasteiger partial charge in [-0.25, -0.2) is 0 Å². The molecular formula is C18H20BrNS. The molecule has 3 heteroatoms. The zero-order chi connectivity index (χ0) is 14.7. The molecule has 110 valence electrons. The smallest absolute Gasteiger partial charge is 0.0390 e. The van der Waals surface area contributed by atoms with E-state index in [0.717, 1.165) is 16.1 Å². The van der Waals surface area contributed by atoms with Crippen molar-refractivity contribution in [3.8, 4) is 0 Å². The van der Waals surface area contributed by atoms with E-state index in [-0.39, 0.29) is 6.04 Å². The van der Waals surface area contributed by atoms with E-state index < -0.39 is 0 Å². The number of halogens is 1. The fourth-order valence-electron chi connectivity index (χ4n) is 2.62. The lowest BCUT2D eigenvalue weighted by atomic mass is 9.79. The van der Waals surface area contributed by atoms with Crippen molar-refractivity contribution in [1.82, 2.24) is 0 Å². The predicted molar refractivity (Wildman–Crippen MR) is 94.8 cm³/mol. The van der Waals surface area contributed by atoms with Crippen molar-refractivity contribution in [3.63, 3.8) is 0 Å². The highest BCUT2D eigenvalue weighted by Gasteiger charge is 2.20. The first-order valence-electron chi connectivity index (χ1n) is 7.47. The van der Waals surface area contributed by atoms with Gasteiger partial charge < -0.3 is 5.73 Å². The third-order valence-corrected chi connectivity index (χ3v) is 6.32. The van der Waals surface area contributed by atoms with Crippen LogP contribution in [0.4, 0.5) is 0 Å². The first-order chi connectivity index (χ1) is 10.2. The van der Waals surface area contributed by atoms with Crippen molar-refractivity contribution in [2.45, 2.75) is 36.1 Å². The Bertz CT molecular complexity index is 610. The topological polar surface area (TPSA) is 26.0 Å². The second-order valence-corrected chi connectivity index (χ2v) is 7.56. The number of thioether (sulfide) groups is 1. The molecular weight excluding hydrogens is 342 g/mol. The Balaban J connectivity index is 1.65. The molecule has 1 aliphatic rings. The van der Waals surface area contributed by atoms with Crippen LogP contribution in [0.2, 0.25) is 0 Å². The molecule has 0 heterocycles. The molecule has 0 amide bonds.